The van der Waals surface area contributed by atoms with Crippen LogP contribution in [0.1, 0.15) is 24.5 Å². The van der Waals surface area contributed by atoms with E-state index in [9.17, 15) is 14.3 Å². The fourth-order valence-corrected chi connectivity index (χ4v) is 3.37. The summed E-state index contributed by atoms with van der Waals surface area (Å²) in [5, 5.41) is 9.13. The van der Waals surface area contributed by atoms with E-state index < -0.39 is 25.5 Å². The van der Waals surface area contributed by atoms with E-state index in [1.807, 2.05) is 0 Å². The summed E-state index contributed by atoms with van der Waals surface area (Å²) >= 11 is 0. The zero-order valence-corrected chi connectivity index (χ0v) is 11.0. The van der Waals surface area contributed by atoms with Gasteiger partial charge in [0.25, 0.3) is 0 Å². The number of ether oxygens (including phenoxy) is 1. The average Bonchev–Trinajstić information content (AvgIpc) is 2.91. The molecule has 0 saturated carbocycles. The average molecular weight is 286 g/mol. The smallest absolute Gasteiger partial charge is 0.357 e. The van der Waals surface area contributed by atoms with Gasteiger partial charge in [0, 0.05) is 6.61 Å². The molecule has 1 aliphatic heterocycles. The van der Waals surface area contributed by atoms with Crippen molar-refractivity contribution in [3.05, 3.63) is 35.9 Å². The molecule has 0 aliphatic carbocycles. The van der Waals surface area contributed by atoms with Crippen molar-refractivity contribution in [3.63, 3.8) is 0 Å². The highest BCUT2D eigenvalue weighted by atomic mass is 31.2. The summed E-state index contributed by atoms with van der Waals surface area (Å²) in [5.41, 5.74) is 0.322. The first-order valence-electron chi connectivity index (χ1n) is 5.91. The molecule has 1 aromatic rings. The maximum absolute atomic E-state index is 12.0. The van der Waals surface area contributed by atoms with Gasteiger partial charge in [-0.3, -0.25) is 9.09 Å². The molecule has 0 aromatic heterocycles. The molecule has 2 rings (SSSR count). The molecule has 1 aromatic carbocycles. The van der Waals surface area contributed by atoms with Crippen LogP contribution in [-0.2, 0) is 18.6 Å². The van der Waals surface area contributed by atoms with E-state index in [1.54, 1.807) is 18.2 Å². The highest BCUT2D eigenvalue weighted by Crippen LogP contribution is 2.54. The van der Waals surface area contributed by atoms with Gasteiger partial charge < -0.3 is 14.7 Å². The fourth-order valence-electron chi connectivity index (χ4n) is 1.91. The third kappa shape index (κ3) is 3.42. The van der Waals surface area contributed by atoms with Crippen LogP contribution in [-0.4, -0.2) is 28.4 Å². The van der Waals surface area contributed by atoms with Gasteiger partial charge in [0.05, 0.1) is 0 Å². The largest absolute Gasteiger partial charge is 0.479 e. The lowest BCUT2D eigenvalue weighted by Crippen LogP contribution is -2.18. The van der Waals surface area contributed by atoms with Gasteiger partial charge in [-0.15, -0.1) is 0 Å². The lowest BCUT2D eigenvalue weighted by atomic mass is 10.1. The Morgan fingerprint density at radius 3 is 2.63 bits per heavy atom. The van der Waals surface area contributed by atoms with Gasteiger partial charge in [0.15, 0.2) is 11.9 Å². The Balaban J connectivity index is 2.17. The van der Waals surface area contributed by atoms with Crippen molar-refractivity contribution in [1.29, 1.82) is 0 Å². The molecule has 3 unspecified atom stereocenters. The van der Waals surface area contributed by atoms with Crippen LogP contribution in [0, 0.1) is 0 Å². The molecule has 2 N–H and O–H groups in total. The Morgan fingerprint density at radius 1 is 1.42 bits per heavy atom. The first-order valence-corrected chi connectivity index (χ1v) is 7.55. The predicted octanol–water partition coefficient (Wildman–Crippen LogP) is 2.15. The summed E-state index contributed by atoms with van der Waals surface area (Å²) in [6.45, 7) is 0.391. The van der Waals surface area contributed by atoms with E-state index in [1.165, 1.54) is 12.1 Å². The molecule has 6 nitrogen and oxygen atoms in total. The minimum absolute atomic E-state index is 0.322. The quantitative estimate of drug-likeness (QED) is 0.806. The van der Waals surface area contributed by atoms with Crippen LogP contribution in [0.5, 0.6) is 0 Å². The minimum atomic E-state index is -4.12. The van der Waals surface area contributed by atoms with E-state index in [4.69, 9.17) is 14.4 Å². The minimum Gasteiger partial charge on any atom is -0.479 e. The molecular formula is C12H15O6P. The second-order valence-corrected chi connectivity index (χ2v) is 6.18. The molecule has 0 radical (unpaired) electrons. The maximum Gasteiger partial charge on any atom is 0.357 e. The van der Waals surface area contributed by atoms with Crippen molar-refractivity contribution in [2.75, 3.05) is 6.61 Å². The molecular weight excluding hydrogens is 271 g/mol. The standard InChI is InChI=1S/C12H15O6P/c13-12(14)11(9-5-2-1-3-6-9)18-19(15,16)10-7-4-8-17-10/h1-3,5-6,10-11H,4,7-8H2,(H,13,14)(H,15,16). The van der Waals surface area contributed by atoms with Crippen LogP contribution < -0.4 is 0 Å². The summed E-state index contributed by atoms with van der Waals surface area (Å²) in [6, 6.07) is 8.08. The lowest BCUT2D eigenvalue weighted by molar-refractivity contribution is -0.146. The number of benzene rings is 1. The molecule has 0 amide bonds. The second-order valence-electron chi connectivity index (χ2n) is 4.27. The van der Waals surface area contributed by atoms with Crippen molar-refractivity contribution in [3.8, 4) is 0 Å². The van der Waals surface area contributed by atoms with Crippen molar-refractivity contribution < 1.29 is 28.6 Å². The number of rotatable bonds is 5. The molecule has 7 heteroatoms. The van der Waals surface area contributed by atoms with Gasteiger partial charge in [-0.2, -0.15) is 0 Å². The third-order valence-electron chi connectivity index (χ3n) is 2.85. The van der Waals surface area contributed by atoms with Gasteiger partial charge in [-0.1, -0.05) is 30.3 Å². The first kappa shape index (κ1) is 14.2. The van der Waals surface area contributed by atoms with E-state index in [-0.39, 0.29) is 0 Å². The van der Waals surface area contributed by atoms with Crippen LogP contribution in [0.4, 0.5) is 0 Å². The Hall–Kier alpha value is -1.20. The maximum atomic E-state index is 12.0. The van der Waals surface area contributed by atoms with E-state index >= 15 is 0 Å². The number of aliphatic carboxylic acids is 1. The monoisotopic (exact) mass is 286 g/mol. The zero-order valence-electron chi connectivity index (χ0n) is 10.1. The first-order chi connectivity index (χ1) is 9.00. The Labute approximate surface area is 110 Å². The van der Waals surface area contributed by atoms with Gasteiger partial charge in [-0.25, -0.2) is 4.79 Å². The van der Waals surface area contributed by atoms with Gasteiger partial charge in [-0.05, 0) is 18.4 Å². The highest BCUT2D eigenvalue weighted by Gasteiger charge is 2.40. The molecule has 19 heavy (non-hydrogen) atoms. The Bertz CT molecular complexity index is 482. The molecule has 3 atom stereocenters. The molecule has 0 spiro atoms. The fraction of sp³-hybridized carbons (Fsp3) is 0.417. The van der Waals surface area contributed by atoms with Crippen LogP contribution in [0.3, 0.4) is 0 Å². The van der Waals surface area contributed by atoms with Crippen molar-refractivity contribution in [2.45, 2.75) is 24.8 Å². The molecule has 1 aliphatic rings. The molecule has 104 valence electrons. The highest BCUT2D eigenvalue weighted by molar-refractivity contribution is 7.53. The number of hydrogen-bond donors (Lipinski definition) is 2. The Kier molecular flexibility index (Phi) is 4.37. The summed E-state index contributed by atoms with van der Waals surface area (Å²) in [5.74, 6) is -2.24. The molecule has 1 fully saturated rings. The van der Waals surface area contributed by atoms with Crippen LogP contribution in [0.25, 0.3) is 0 Å². The van der Waals surface area contributed by atoms with Crippen LogP contribution in [0.15, 0.2) is 30.3 Å². The number of carboxylic acid groups (broad SMARTS) is 1. The topological polar surface area (TPSA) is 93.1 Å². The number of carboxylic acids is 1. The van der Waals surface area contributed by atoms with Gasteiger partial charge in [0.2, 0.25) is 0 Å². The third-order valence-corrected chi connectivity index (χ3v) is 4.50. The second kappa shape index (κ2) is 5.84. The zero-order chi connectivity index (χ0) is 13.9. The normalized spacial score (nSPS) is 23.7. The van der Waals surface area contributed by atoms with Crippen LogP contribution in [0.2, 0.25) is 0 Å². The molecule has 1 saturated heterocycles. The Morgan fingerprint density at radius 2 is 2.11 bits per heavy atom. The summed E-state index contributed by atoms with van der Waals surface area (Å²) < 4.78 is 22.1. The van der Waals surface area contributed by atoms with Crippen molar-refractivity contribution >= 4 is 13.6 Å². The summed E-state index contributed by atoms with van der Waals surface area (Å²) in [4.78, 5) is 21.0. The van der Waals surface area contributed by atoms with Gasteiger partial charge >= 0.3 is 13.6 Å². The van der Waals surface area contributed by atoms with Crippen molar-refractivity contribution in [2.24, 2.45) is 0 Å². The molecule has 1 heterocycles. The lowest BCUT2D eigenvalue weighted by Gasteiger charge is -2.22. The number of hydrogen-bond acceptors (Lipinski definition) is 4. The van der Waals surface area contributed by atoms with E-state index in [2.05, 4.69) is 0 Å². The number of carbonyl (C=O) groups is 1. The predicted molar refractivity (Wildman–Crippen MR) is 66.7 cm³/mol. The van der Waals surface area contributed by atoms with Gasteiger partial charge in [0.1, 0.15) is 0 Å². The summed E-state index contributed by atoms with van der Waals surface area (Å²) in [6.07, 6.45) is -0.405. The summed E-state index contributed by atoms with van der Waals surface area (Å²) in [7, 11) is -4.12. The SMILES string of the molecule is O=C(O)C(OP(=O)(O)C1CCCO1)c1ccccc1. The van der Waals surface area contributed by atoms with Crippen LogP contribution >= 0.6 is 7.60 Å². The van der Waals surface area contributed by atoms with E-state index in [0.29, 0.717) is 25.0 Å². The van der Waals surface area contributed by atoms with E-state index in [0.717, 1.165) is 0 Å². The van der Waals surface area contributed by atoms with Crippen molar-refractivity contribution in [1.82, 2.24) is 0 Å². The molecule has 0 bridgehead atoms.